The first-order valence-corrected chi connectivity index (χ1v) is 8.35. The summed E-state index contributed by atoms with van der Waals surface area (Å²) in [5, 5.41) is 14.4. The number of hydrogen-bond donors (Lipinski definition) is 3. The minimum Gasteiger partial charge on any atom is -0.478 e. The Hall–Kier alpha value is -3.15. The molecule has 0 bridgehead atoms. The van der Waals surface area contributed by atoms with Crippen LogP contribution in [0.1, 0.15) is 36.2 Å². The number of carbonyl (C=O) groups is 3. The summed E-state index contributed by atoms with van der Waals surface area (Å²) in [5.74, 6) is -0.953. The van der Waals surface area contributed by atoms with Gasteiger partial charge in [0.2, 0.25) is 11.8 Å². The van der Waals surface area contributed by atoms with E-state index in [0.29, 0.717) is 17.8 Å². The van der Waals surface area contributed by atoms with Crippen LogP contribution in [0.2, 0.25) is 0 Å². The average Bonchev–Trinajstić information content (AvgIpc) is 2.56. The number of benzene rings is 2. The van der Waals surface area contributed by atoms with Crippen LogP contribution in [0.25, 0.3) is 0 Å². The molecular weight excluding hydrogens is 332 g/mol. The van der Waals surface area contributed by atoms with Crippen LogP contribution >= 0.6 is 0 Å². The third kappa shape index (κ3) is 6.05. The van der Waals surface area contributed by atoms with Gasteiger partial charge in [-0.1, -0.05) is 26.0 Å². The summed E-state index contributed by atoms with van der Waals surface area (Å²) in [6.07, 6.45) is 0.603. The molecular formula is C20H22N2O4. The van der Waals surface area contributed by atoms with Gasteiger partial charge in [-0.25, -0.2) is 4.79 Å². The van der Waals surface area contributed by atoms with E-state index in [4.69, 9.17) is 5.11 Å². The van der Waals surface area contributed by atoms with Crippen molar-refractivity contribution in [3.05, 3.63) is 59.7 Å². The van der Waals surface area contributed by atoms with Gasteiger partial charge in [-0.15, -0.1) is 0 Å². The van der Waals surface area contributed by atoms with Crippen molar-refractivity contribution in [2.45, 2.75) is 26.7 Å². The minimum atomic E-state index is -0.999. The van der Waals surface area contributed by atoms with Gasteiger partial charge in [0, 0.05) is 17.8 Å². The fourth-order valence-electron chi connectivity index (χ4n) is 2.38. The largest absolute Gasteiger partial charge is 0.478 e. The van der Waals surface area contributed by atoms with E-state index < -0.39 is 5.97 Å². The zero-order chi connectivity index (χ0) is 19.1. The van der Waals surface area contributed by atoms with Gasteiger partial charge in [0.25, 0.3) is 0 Å². The van der Waals surface area contributed by atoms with Crippen molar-refractivity contribution >= 4 is 29.2 Å². The monoisotopic (exact) mass is 354 g/mol. The van der Waals surface area contributed by atoms with Crippen LogP contribution in [0.4, 0.5) is 11.4 Å². The molecule has 0 aliphatic rings. The Kier molecular flexibility index (Phi) is 6.49. The first-order chi connectivity index (χ1) is 12.3. The molecule has 3 N–H and O–H groups in total. The molecule has 0 saturated carbocycles. The lowest BCUT2D eigenvalue weighted by atomic mass is 10.1. The molecule has 0 atom stereocenters. The van der Waals surface area contributed by atoms with Crippen LogP contribution in [0.3, 0.4) is 0 Å². The minimum absolute atomic E-state index is 0.0402. The molecule has 26 heavy (non-hydrogen) atoms. The summed E-state index contributed by atoms with van der Waals surface area (Å²) in [7, 11) is 0. The third-order valence-corrected chi connectivity index (χ3v) is 3.61. The molecule has 136 valence electrons. The van der Waals surface area contributed by atoms with Crippen LogP contribution in [-0.2, 0) is 16.0 Å². The molecule has 2 amide bonds. The first kappa shape index (κ1) is 19.2. The van der Waals surface area contributed by atoms with Crippen molar-refractivity contribution < 1.29 is 19.5 Å². The second-order valence-corrected chi connectivity index (χ2v) is 6.45. The summed E-state index contributed by atoms with van der Waals surface area (Å²) < 4.78 is 0. The number of rotatable bonds is 7. The SMILES string of the molecule is CC(C)CC(=O)Nc1ccc(NC(=O)Cc2ccc(C(=O)O)cc2)cc1. The summed E-state index contributed by atoms with van der Waals surface area (Å²) in [5.41, 5.74) is 2.21. The lowest BCUT2D eigenvalue weighted by Crippen LogP contribution is -2.15. The number of anilines is 2. The fourth-order valence-corrected chi connectivity index (χ4v) is 2.38. The molecule has 0 aliphatic carbocycles. The number of aromatic carboxylic acids is 1. The maximum Gasteiger partial charge on any atom is 0.335 e. The highest BCUT2D eigenvalue weighted by atomic mass is 16.4. The van der Waals surface area contributed by atoms with E-state index >= 15 is 0 Å². The number of hydrogen-bond acceptors (Lipinski definition) is 3. The van der Waals surface area contributed by atoms with Crippen molar-refractivity contribution in [1.82, 2.24) is 0 Å². The van der Waals surface area contributed by atoms with Gasteiger partial charge in [-0.3, -0.25) is 9.59 Å². The summed E-state index contributed by atoms with van der Waals surface area (Å²) in [4.78, 5) is 34.6. The number of carboxylic acid groups (broad SMARTS) is 1. The standard InChI is InChI=1S/C20H22N2O4/c1-13(2)11-18(23)21-16-7-9-17(10-8-16)22-19(24)12-14-3-5-15(6-4-14)20(25)26/h3-10,13H,11-12H2,1-2H3,(H,21,23)(H,22,24)(H,25,26). The highest BCUT2D eigenvalue weighted by Gasteiger charge is 2.08. The smallest absolute Gasteiger partial charge is 0.335 e. The molecule has 6 nitrogen and oxygen atoms in total. The zero-order valence-corrected chi connectivity index (χ0v) is 14.8. The lowest BCUT2D eigenvalue weighted by molar-refractivity contribution is -0.117. The molecule has 2 rings (SSSR count). The van der Waals surface area contributed by atoms with Crippen molar-refractivity contribution in [2.75, 3.05) is 10.6 Å². The Morgan fingerprint density at radius 3 is 1.81 bits per heavy atom. The van der Waals surface area contributed by atoms with E-state index in [0.717, 1.165) is 5.56 Å². The van der Waals surface area contributed by atoms with Crippen molar-refractivity contribution in [1.29, 1.82) is 0 Å². The first-order valence-electron chi connectivity index (χ1n) is 8.35. The van der Waals surface area contributed by atoms with Crippen molar-refractivity contribution in [3.63, 3.8) is 0 Å². The summed E-state index contributed by atoms with van der Waals surface area (Å²) in [6, 6.07) is 13.1. The Bertz CT molecular complexity index is 780. The van der Waals surface area contributed by atoms with Crippen LogP contribution in [0.5, 0.6) is 0 Å². The Morgan fingerprint density at radius 2 is 1.35 bits per heavy atom. The van der Waals surface area contributed by atoms with E-state index in [1.165, 1.54) is 12.1 Å². The molecule has 0 unspecified atom stereocenters. The lowest BCUT2D eigenvalue weighted by Gasteiger charge is -2.09. The van der Waals surface area contributed by atoms with Crippen LogP contribution < -0.4 is 10.6 Å². The molecule has 0 saturated heterocycles. The van der Waals surface area contributed by atoms with E-state index in [1.807, 2.05) is 13.8 Å². The van der Waals surface area contributed by atoms with Gasteiger partial charge in [0.05, 0.1) is 12.0 Å². The summed E-state index contributed by atoms with van der Waals surface area (Å²) >= 11 is 0. The molecule has 2 aromatic carbocycles. The number of carboxylic acids is 1. The second kappa shape index (κ2) is 8.80. The zero-order valence-electron chi connectivity index (χ0n) is 14.8. The highest BCUT2D eigenvalue weighted by molar-refractivity contribution is 5.94. The van der Waals surface area contributed by atoms with Crippen LogP contribution in [0, 0.1) is 5.92 Å². The molecule has 0 radical (unpaired) electrons. The van der Waals surface area contributed by atoms with Crippen LogP contribution in [-0.4, -0.2) is 22.9 Å². The van der Waals surface area contributed by atoms with E-state index in [9.17, 15) is 14.4 Å². The Morgan fingerprint density at radius 1 is 0.846 bits per heavy atom. The predicted molar refractivity (Wildman–Crippen MR) is 100 cm³/mol. The second-order valence-electron chi connectivity index (χ2n) is 6.45. The number of nitrogens with one attached hydrogen (secondary N) is 2. The van der Waals surface area contributed by atoms with E-state index in [2.05, 4.69) is 10.6 Å². The Labute approximate surface area is 152 Å². The number of amides is 2. The third-order valence-electron chi connectivity index (χ3n) is 3.61. The quantitative estimate of drug-likeness (QED) is 0.708. The van der Waals surface area contributed by atoms with Crippen LogP contribution in [0.15, 0.2) is 48.5 Å². The predicted octanol–water partition coefficient (Wildman–Crippen LogP) is 3.55. The molecule has 0 fully saturated rings. The van der Waals surface area contributed by atoms with Gasteiger partial charge >= 0.3 is 5.97 Å². The summed E-state index contributed by atoms with van der Waals surface area (Å²) in [6.45, 7) is 3.96. The maximum atomic E-state index is 12.1. The maximum absolute atomic E-state index is 12.1. The van der Waals surface area contributed by atoms with E-state index in [-0.39, 0.29) is 29.7 Å². The van der Waals surface area contributed by atoms with Gasteiger partial charge in [-0.2, -0.15) is 0 Å². The van der Waals surface area contributed by atoms with Gasteiger partial charge in [0.15, 0.2) is 0 Å². The van der Waals surface area contributed by atoms with Gasteiger partial charge in [-0.05, 0) is 47.9 Å². The number of carbonyl (C=O) groups excluding carboxylic acids is 2. The molecule has 6 heteroatoms. The van der Waals surface area contributed by atoms with Gasteiger partial charge in [0.1, 0.15) is 0 Å². The fraction of sp³-hybridized carbons (Fsp3) is 0.250. The highest BCUT2D eigenvalue weighted by Crippen LogP contribution is 2.15. The average molecular weight is 354 g/mol. The molecule has 0 aromatic heterocycles. The van der Waals surface area contributed by atoms with Gasteiger partial charge < -0.3 is 15.7 Å². The van der Waals surface area contributed by atoms with Crippen molar-refractivity contribution in [3.8, 4) is 0 Å². The van der Waals surface area contributed by atoms with E-state index in [1.54, 1.807) is 36.4 Å². The molecule has 0 aliphatic heterocycles. The van der Waals surface area contributed by atoms with Crippen molar-refractivity contribution in [2.24, 2.45) is 5.92 Å². The molecule has 2 aromatic rings. The Balaban J connectivity index is 1.88. The molecule has 0 heterocycles. The topological polar surface area (TPSA) is 95.5 Å². The normalized spacial score (nSPS) is 10.4. The molecule has 0 spiro atoms.